The summed E-state index contributed by atoms with van der Waals surface area (Å²) in [4.78, 5) is 5.70. The van der Waals surface area contributed by atoms with Crippen LogP contribution in [0, 0.1) is 13.8 Å². The first-order valence-electron chi connectivity index (χ1n) is 5.50. The van der Waals surface area contributed by atoms with Crippen molar-refractivity contribution in [2.75, 3.05) is 0 Å². The molecule has 0 radical (unpaired) electrons. The first kappa shape index (κ1) is 14.1. The highest BCUT2D eigenvalue weighted by molar-refractivity contribution is 7.89. The molecule has 2 heterocycles. The molecule has 0 aliphatic carbocycles. The first-order chi connectivity index (χ1) is 8.92. The number of hydrogen-bond acceptors (Lipinski definition) is 7. The molecule has 0 saturated carbocycles. The number of aryl methyl sites for hydroxylation is 2. The molecular weight excluding hydrogens is 288 g/mol. The third kappa shape index (κ3) is 3.18. The summed E-state index contributed by atoms with van der Waals surface area (Å²) in [6.07, 6.45) is 0. The van der Waals surface area contributed by atoms with Gasteiger partial charge in [-0.15, -0.1) is 11.3 Å². The van der Waals surface area contributed by atoms with Gasteiger partial charge in [-0.1, -0.05) is 5.16 Å². The monoisotopic (exact) mass is 302 g/mol. The standard InChI is InChI=1S/C10H14N4O3S2/c1-6-9(3-8(4-11)18-6)19(15,16)12-5-10-13-7(2)14-17-10/h3,12H,4-5,11H2,1-2H3. The van der Waals surface area contributed by atoms with E-state index in [4.69, 9.17) is 10.3 Å². The quantitative estimate of drug-likeness (QED) is 0.840. The highest BCUT2D eigenvalue weighted by Gasteiger charge is 2.20. The van der Waals surface area contributed by atoms with Gasteiger partial charge in [-0.25, -0.2) is 13.1 Å². The van der Waals surface area contributed by atoms with Crippen LogP contribution in [0.3, 0.4) is 0 Å². The summed E-state index contributed by atoms with van der Waals surface area (Å²) in [5, 5.41) is 3.59. The first-order valence-corrected chi connectivity index (χ1v) is 7.80. The van der Waals surface area contributed by atoms with Crippen molar-refractivity contribution in [1.82, 2.24) is 14.9 Å². The Morgan fingerprint density at radius 3 is 2.74 bits per heavy atom. The van der Waals surface area contributed by atoms with E-state index in [1.54, 1.807) is 19.9 Å². The lowest BCUT2D eigenvalue weighted by atomic mass is 10.4. The molecule has 0 atom stereocenters. The fourth-order valence-corrected chi connectivity index (χ4v) is 4.02. The molecule has 3 N–H and O–H groups in total. The second-order valence-electron chi connectivity index (χ2n) is 3.90. The van der Waals surface area contributed by atoms with Crippen molar-refractivity contribution in [1.29, 1.82) is 0 Å². The van der Waals surface area contributed by atoms with Gasteiger partial charge in [0.15, 0.2) is 5.82 Å². The molecule has 2 aromatic rings. The van der Waals surface area contributed by atoms with E-state index in [2.05, 4.69) is 14.9 Å². The number of sulfonamides is 1. The number of nitrogens with two attached hydrogens (primary N) is 1. The van der Waals surface area contributed by atoms with Crippen molar-refractivity contribution in [3.8, 4) is 0 Å². The van der Waals surface area contributed by atoms with Crippen molar-refractivity contribution in [2.45, 2.75) is 31.8 Å². The van der Waals surface area contributed by atoms with Crippen molar-refractivity contribution in [2.24, 2.45) is 5.73 Å². The zero-order valence-electron chi connectivity index (χ0n) is 10.5. The molecule has 0 spiro atoms. The molecule has 0 bridgehead atoms. The van der Waals surface area contributed by atoms with Gasteiger partial charge in [0.05, 0.1) is 11.4 Å². The van der Waals surface area contributed by atoms with Gasteiger partial charge in [0.1, 0.15) is 0 Å². The lowest BCUT2D eigenvalue weighted by Crippen LogP contribution is -2.23. The molecular formula is C10H14N4O3S2. The minimum Gasteiger partial charge on any atom is -0.338 e. The van der Waals surface area contributed by atoms with Gasteiger partial charge in [0.2, 0.25) is 15.9 Å². The van der Waals surface area contributed by atoms with E-state index in [0.29, 0.717) is 17.2 Å². The van der Waals surface area contributed by atoms with Crippen LogP contribution in [0.1, 0.15) is 21.5 Å². The van der Waals surface area contributed by atoms with Crippen LogP contribution in [0.4, 0.5) is 0 Å². The largest absolute Gasteiger partial charge is 0.338 e. The maximum atomic E-state index is 12.1. The van der Waals surface area contributed by atoms with Crippen LogP contribution in [-0.4, -0.2) is 18.6 Å². The summed E-state index contributed by atoms with van der Waals surface area (Å²) in [6, 6.07) is 1.58. The van der Waals surface area contributed by atoms with Crippen molar-refractivity contribution >= 4 is 21.4 Å². The fourth-order valence-electron chi connectivity index (χ4n) is 1.54. The molecule has 0 aromatic carbocycles. The number of thiophene rings is 1. The van der Waals surface area contributed by atoms with Crippen LogP contribution in [0.5, 0.6) is 0 Å². The SMILES string of the molecule is Cc1noc(CNS(=O)(=O)c2cc(CN)sc2C)n1. The van der Waals surface area contributed by atoms with Gasteiger partial charge in [-0.3, -0.25) is 0 Å². The Labute approximate surface area is 114 Å². The predicted octanol–water partition coefficient (Wildman–Crippen LogP) is 0.685. The summed E-state index contributed by atoms with van der Waals surface area (Å²) in [5.74, 6) is 0.694. The normalized spacial score (nSPS) is 11.9. The Kier molecular flexibility index (Phi) is 3.99. The molecule has 0 aliphatic rings. The van der Waals surface area contributed by atoms with Crippen LogP contribution in [0.25, 0.3) is 0 Å². The topological polar surface area (TPSA) is 111 Å². The summed E-state index contributed by atoms with van der Waals surface area (Å²) < 4.78 is 31.5. The second-order valence-corrected chi connectivity index (χ2v) is 6.97. The minimum atomic E-state index is -3.59. The van der Waals surface area contributed by atoms with Crippen LogP contribution < -0.4 is 10.5 Å². The van der Waals surface area contributed by atoms with E-state index in [0.717, 1.165) is 4.88 Å². The highest BCUT2D eigenvalue weighted by atomic mass is 32.2. The average molecular weight is 302 g/mol. The van der Waals surface area contributed by atoms with E-state index in [-0.39, 0.29) is 17.3 Å². The van der Waals surface area contributed by atoms with E-state index in [9.17, 15) is 8.42 Å². The molecule has 7 nitrogen and oxygen atoms in total. The molecule has 2 aromatic heterocycles. The van der Waals surface area contributed by atoms with Crippen LogP contribution in [0.2, 0.25) is 0 Å². The highest BCUT2D eigenvalue weighted by Crippen LogP contribution is 2.25. The Bertz CT molecular complexity index is 675. The number of nitrogens with zero attached hydrogens (tertiary/aromatic N) is 2. The van der Waals surface area contributed by atoms with E-state index in [1.165, 1.54) is 11.3 Å². The summed E-state index contributed by atoms with van der Waals surface area (Å²) in [6.45, 7) is 3.70. The summed E-state index contributed by atoms with van der Waals surface area (Å²) in [5.41, 5.74) is 5.51. The number of aromatic nitrogens is 2. The molecule has 0 aliphatic heterocycles. The maximum absolute atomic E-state index is 12.1. The van der Waals surface area contributed by atoms with Gasteiger partial charge in [0.25, 0.3) is 0 Å². The molecule has 19 heavy (non-hydrogen) atoms. The van der Waals surface area contributed by atoms with Gasteiger partial charge >= 0.3 is 0 Å². The molecule has 2 rings (SSSR count). The van der Waals surface area contributed by atoms with Crippen molar-refractivity contribution in [3.63, 3.8) is 0 Å². The predicted molar refractivity (Wildman–Crippen MR) is 70.0 cm³/mol. The molecule has 0 saturated heterocycles. The van der Waals surface area contributed by atoms with E-state index in [1.807, 2.05) is 0 Å². The Morgan fingerprint density at radius 1 is 1.47 bits per heavy atom. The minimum absolute atomic E-state index is 0.0313. The summed E-state index contributed by atoms with van der Waals surface area (Å²) >= 11 is 1.37. The van der Waals surface area contributed by atoms with Gasteiger partial charge < -0.3 is 10.3 Å². The second kappa shape index (κ2) is 5.37. The summed E-state index contributed by atoms with van der Waals surface area (Å²) in [7, 11) is -3.59. The zero-order valence-corrected chi connectivity index (χ0v) is 12.1. The van der Waals surface area contributed by atoms with Gasteiger partial charge in [-0.05, 0) is 19.9 Å². The third-order valence-corrected chi connectivity index (χ3v) is 5.13. The Hall–Kier alpha value is -1.29. The Balaban J connectivity index is 2.15. The van der Waals surface area contributed by atoms with Gasteiger partial charge in [-0.2, -0.15) is 4.98 Å². The number of hydrogen-bond donors (Lipinski definition) is 2. The lowest BCUT2D eigenvalue weighted by Gasteiger charge is -2.03. The zero-order chi connectivity index (χ0) is 14.0. The molecule has 0 fully saturated rings. The smallest absolute Gasteiger partial charge is 0.242 e. The average Bonchev–Trinajstić information content (AvgIpc) is 2.93. The molecule has 9 heteroatoms. The van der Waals surface area contributed by atoms with Gasteiger partial charge in [0, 0.05) is 16.3 Å². The molecule has 0 unspecified atom stereocenters. The molecule has 0 amide bonds. The van der Waals surface area contributed by atoms with Crippen molar-refractivity contribution < 1.29 is 12.9 Å². The Morgan fingerprint density at radius 2 is 2.21 bits per heavy atom. The van der Waals surface area contributed by atoms with Crippen LogP contribution in [0.15, 0.2) is 15.5 Å². The van der Waals surface area contributed by atoms with Crippen LogP contribution >= 0.6 is 11.3 Å². The maximum Gasteiger partial charge on any atom is 0.242 e. The van der Waals surface area contributed by atoms with Crippen LogP contribution in [-0.2, 0) is 23.1 Å². The van der Waals surface area contributed by atoms with E-state index < -0.39 is 10.0 Å². The van der Waals surface area contributed by atoms with E-state index >= 15 is 0 Å². The molecule has 104 valence electrons. The number of nitrogens with one attached hydrogen (secondary N) is 1. The number of rotatable bonds is 5. The van der Waals surface area contributed by atoms with Crippen molar-refractivity contribution in [3.05, 3.63) is 27.5 Å². The third-order valence-electron chi connectivity index (χ3n) is 2.40. The lowest BCUT2D eigenvalue weighted by molar-refractivity contribution is 0.372. The fraction of sp³-hybridized carbons (Fsp3) is 0.400.